The summed E-state index contributed by atoms with van der Waals surface area (Å²) in [4.78, 5) is 14.7. The van der Waals surface area contributed by atoms with Crippen molar-refractivity contribution < 1.29 is 13.2 Å². The van der Waals surface area contributed by atoms with Crippen molar-refractivity contribution in [1.29, 1.82) is 0 Å². The highest BCUT2D eigenvalue weighted by atomic mass is 32.2. The predicted molar refractivity (Wildman–Crippen MR) is 110 cm³/mol. The number of para-hydroxylation sites is 1. The van der Waals surface area contributed by atoms with Crippen molar-refractivity contribution in [3.05, 3.63) is 54.1 Å². The highest BCUT2D eigenvalue weighted by Crippen LogP contribution is 2.27. The number of nitrogens with zero attached hydrogens (tertiary/aromatic N) is 2. The van der Waals surface area contributed by atoms with Crippen molar-refractivity contribution >= 4 is 27.3 Å². The fourth-order valence-electron chi connectivity index (χ4n) is 3.87. The molecule has 148 valence electrons. The lowest BCUT2D eigenvalue weighted by molar-refractivity contribution is -0.116. The van der Waals surface area contributed by atoms with E-state index in [1.165, 1.54) is 5.56 Å². The van der Waals surface area contributed by atoms with Gasteiger partial charge in [-0.15, -0.1) is 0 Å². The zero-order valence-electron chi connectivity index (χ0n) is 15.8. The predicted octanol–water partition coefficient (Wildman–Crippen LogP) is 2.86. The number of piperidine rings is 1. The third-order valence-corrected chi connectivity index (χ3v) is 7.35. The Balaban J connectivity index is 1.38. The third kappa shape index (κ3) is 3.77. The molecule has 1 N–H and O–H groups in total. The van der Waals surface area contributed by atoms with Crippen LogP contribution in [0.3, 0.4) is 0 Å². The van der Waals surface area contributed by atoms with Gasteiger partial charge < -0.3 is 10.2 Å². The molecule has 0 radical (unpaired) electrons. The Morgan fingerprint density at radius 1 is 0.929 bits per heavy atom. The molecule has 2 aliphatic rings. The summed E-state index contributed by atoms with van der Waals surface area (Å²) >= 11 is 0. The molecule has 0 saturated carbocycles. The molecule has 4 rings (SSSR count). The van der Waals surface area contributed by atoms with Gasteiger partial charge in [0.2, 0.25) is 15.9 Å². The Bertz CT molecular complexity index is 951. The summed E-state index contributed by atoms with van der Waals surface area (Å²) in [6, 6.07) is 14.6. The van der Waals surface area contributed by atoms with Crippen LogP contribution in [-0.2, 0) is 21.2 Å². The van der Waals surface area contributed by atoms with E-state index in [1.807, 2.05) is 18.2 Å². The zero-order chi connectivity index (χ0) is 19.6. The van der Waals surface area contributed by atoms with Crippen LogP contribution >= 0.6 is 0 Å². The summed E-state index contributed by atoms with van der Waals surface area (Å²) in [5.74, 6) is 0.00923. The third-order valence-electron chi connectivity index (χ3n) is 5.44. The first-order valence-electron chi connectivity index (χ1n) is 9.78. The monoisotopic (exact) mass is 399 g/mol. The Labute approximate surface area is 166 Å². The largest absolute Gasteiger partial charge is 0.376 e. The van der Waals surface area contributed by atoms with Crippen molar-refractivity contribution in [3.8, 4) is 0 Å². The molecule has 6 nitrogen and oxygen atoms in total. The molecule has 7 heteroatoms. The topological polar surface area (TPSA) is 69.7 Å². The van der Waals surface area contributed by atoms with Crippen molar-refractivity contribution in [2.45, 2.75) is 30.6 Å². The second-order valence-corrected chi connectivity index (χ2v) is 9.20. The number of amides is 1. The smallest absolute Gasteiger partial charge is 0.246 e. The van der Waals surface area contributed by atoms with Gasteiger partial charge in [-0.05, 0) is 55.2 Å². The van der Waals surface area contributed by atoms with Gasteiger partial charge in [-0.25, -0.2) is 8.42 Å². The lowest BCUT2D eigenvalue weighted by Crippen LogP contribution is -2.35. The van der Waals surface area contributed by atoms with E-state index in [9.17, 15) is 13.2 Å². The van der Waals surface area contributed by atoms with E-state index in [0.29, 0.717) is 24.5 Å². The molecular formula is C21H25N3O3S. The molecule has 0 spiro atoms. The standard InChI is InChI=1S/C21H25N3O3S/c25-21(24-15-12-17-6-2-3-7-20(17)24)16-22-18-8-10-19(11-9-18)28(26,27)23-13-4-1-5-14-23/h2-3,6-11,22H,1,4-5,12-16H2. The Morgan fingerprint density at radius 3 is 2.39 bits per heavy atom. The molecule has 2 aliphatic heterocycles. The summed E-state index contributed by atoms with van der Waals surface area (Å²) in [7, 11) is -3.43. The van der Waals surface area contributed by atoms with Crippen LogP contribution in [0.1, 0.15) is 24.8 Å². The highest BCUT2D eigenvalue weighted by molar-refractivity contribution is 7.89. The lowest BCUT2D eigenvalue weighted by Gasteiger charge is -2.25. The van der Waals surface area contributed by atoms with Crippen LogP contribution in [0, 0.1) is 0 Å². The van der Waals surface area contributed by atoms with Crippen LogP contribution < -0.4 is 10.2 Å². The minimum atomic E-state index is -3.43. The van der Waals surface area contributed by atoms with E-state index in [1.54, 1.807) is 33.5 Å². The van der Waals surface area contributed by atoms with Gasteiger partial charge in [-0.3, -0.25) is 4.79 Å². The van der Waals surface area contributed by atoms with Gasteiger partial charge in [0.05, 0.1) is 11.4 Å². The lowest BCUT2D eigenvalue weighted by atomic mass is 10.2. The first-order valence-corrected chi connectivity index (χ1v) is 11.2. The molecule has 1 fully saturated rings. The molecule has 0 atom stereocenters. The van der Waals surface area contributed by atoms with E-state index in [4.69, 9.17) is 0 Å². The van der Waals surface area contributed by atoms with Gasteiger partial charge >= 0.3 is 0 Å². The number of carbonyl (C=O) groups excluding carboxylic acids is 1. The number of hydrogen-bond acceptors (Lipinski definition) is 4. The van der Waals surface area contributed by atoms with Crippen LogP contribution in [0.25, 0.3) is 0 Å². The molecule has 0 unspecified atom stereocenters. The quantitative estimate of drug-likeness (QED) is 0.839. The number of rotatable bonds is 5. The number of sulfonamides is 1. The number of nitrogens with one attached hydrogen (secondary N) is 1. The van der Waals surface area contributed by atoms with E-state index in [-0.39, 0.29) is 12.5 Å². The summed E-state index contributed by atoms with van der Waals surface area (Å²) in [5, 5.41) is 3.11. The molecule has 1 saturated heterocycles. The Hall–Kier alpha value is -2.38. The molecule has 0 aromatic heterocycles. The minimum absolute atomic E-state index is 0.00923. The molecule has 2 aromatic rings. The summed E-state index contributed by atoms with van der Waals surface area (Å²) < 4.78 is 27.0. The molecule has 1 amide bonds. The maximum atomic E-state index is 12.7. The molecule has 2 heterocycles. The summed E-state index contributed by atoms with van der Waals surface area (Å²) in [6.07, 6.45) is 3.80. The molecular weight excluding hydrogens is 374 g/mol. The Morgan fingerprint density at radius 2 is 1.64 bits per heavy atom. The fraction of sp³-hybridized carbons (Fsp3) is 0.381. The van der Waals surface area contributed by atoms with E-state index in [0.717, 1.165) is 37.1 Å². The molecule has 0 aliphatic carbocycles. The maximum Gasteiger partial charge on any atom is 0.246 e. The van der Waals surface area contributed by atoms with Gasteiger partial charge in [0, 0.05) is 31.0 Å². The summed E-state index contributed by atoms with van der Waals surface area (Å²) in [5.41, 5.74) is 2.92. The van der Waals surface area contributed by atoms with Crippen LogP contribution in [0.5, 0.6) is 0 Å². The number of anilines is 2. The average Bonchev–Trinajstić information content (AvgIpc) is 3.17. The number of carbonyl (C=O) groups is 1. The van der Waals surface area contributed by atoms with E-state index in [2.05, 4.69) is 11.4 Å². The normalized spacial score (nSPS) is 17.4. The van der Waals surface area contributed by atoms with Gasteiger partial charge in [0.25, 0.3) is 0 Å². The van der Waals surface area contributed by atoms with Gasteiger partial charge in [-0.2, -0.15) is 4.31 Å². The van der Waals surface area contributed by atoms with Crippen molar-refractivity contribution in [1.82, 2.24) is 4.31 Å². The minimum Gasteiger partial charge on any atom is -0.376 e. The van der Waals surface area contributed by atoms with Crippen molar-refractivity contribution in [3.63, 3.8) is 0 Å². The van der Waals surface area contributed by atoms with Gasteiger partial charge in [-0.1, -0.05) is 24.6 Å². The van der Waals surface area contributed by atoms with E-state index >= 15 is 0 Å². The van der Waals surface area contributed by atoms with Crippen molar-refractivity contribution in [2.24, 2.45) is 0 Å². The molecule has 2 aromatic carbocycles. The maximum absolute atomic E-state index is 12.7. The average molecular weight is 400 g/mol. The Kier molecular flexibility index (Phi) is 5.37. The highest BCUT2D eigenvalue weighted by Gasteiger charge is 2.26. The molecule has 0 bridgehead atoms. The second-order valence-electron chi connectivity index (χ2n) is 7.27. The number of hydrogen-bond donors (Lipinski definition) is 1. The first-order chi connectivity index (χ1) is 13.6. The first kappa shape index (κ1) is 19.0. The van der Waals surface area contributed by atoms with Gasteiger partial charge in [0.1, 0.15) is 0 Å². The second kappa shape index (κ2) is 7.93. The van der Waals surface area contributed by atoms with Crippen molar-refractivity contribution in [2.75, 3.05) is 36.4 Å². The van der Waals surface area contributed by atoms with Crippen LogP contribution in [0.4, 0.5) is 11.4 Å². The van der Waals surface area contributed by atoms with Gasteiger partial charge in [0.15, 0.2) is 0 Å². The van der Waals surface area contributed by atoms with Crippen LogP contribution in [0.15, 0.2) is 53.4 Å². The SMILES string of the molecule is O=C(CNc1ccc(S(=O)(=O)N2CCCCC2)cc1)N1CCc2ccccc21. The molecule has 28 heavy (non-hydrogen) atoms. The number of benzene rings is 2. The van der Waals surface area contributed by atoms with Crippen LogP contribution in [0.2, 0.25) is 0 Å². The fourth-order valence-corrected chi connectivity index (χ4v) is 5.39. The van der Waals surface area contributed by atoms with E-state index < -0.39 is 10.0 Å². The number of fused-ring (bicyclic) bond motifs is 1. The zero-order valence-corrected chi connectivity index (χ0v) is 16.6. The van der Waals surface area contributed by atoms with Crippen LogP contribution in [-0.4, -0.2) is 44.8 Å². The summed E-state index contributed by atoms with van der Waals surface area (Å²) in [6.45, 7) is 2.06.